The van der Waals surface area contributed by atoms with Crippen LogP contribution in [0.1, 0.15) is 70.2 Å². The molecule has 1 aromatic carbocycles. The lowest BCUT2D eigenvalue weighted by Gasteiger charge is -2.28. The molecule has 114 valence electrons. The van der Waals surface area contributed by atoms with Gasteiger partial charge in [0.1, 0.15) is 0 Å². The maximum absolute atomic E-state index is 3.68. The van der Waals surface area contributed by atoms with Crippen LogP contribution in [0.5, 0.6) is 0 Å². The fourth-order valence-corrected chi connectivity index (χ4v) is 3.25. The molecule has 0 spiro atoms. The van der Waals surface area contributed by atoms with Gasteiger partial charge in [-0.25, -0.2) is 0 Å². The van der Waals surface area contributed by atoms with Crippen LogP contribution in [0, 0.1) is 25.2 Å². The Bertz CT molecular complexity index is 414. The first kappa shape index (κ1) is 17.2. The van der Waals surface area contributed by atoms with E-state index in [9.17, 15) is 0 Å². The van der Waals surface area contributed by atoms with Crippen molar-refractivity contribution in [1.29, 1.82) is 0 Å². The molecular weight excluding hydrogens is 242 g/mol. The molecule has 1 heteroatoms. The van der Waals surface area contributed by atoms with E-state index in [1.54, 1.807) is 0 Å². The minimum atomic E-state index is 0.415. The van der Waals surface area contributed by atoms with Crippen molar-refractivity contribution in [2.45, 2.75) is 67.3 Å². The maximum atomic E-state index is 3.68. The molecule has 0 saturated heterocycles. The Morgan fingerprint density at radius 1 is 1.15 bits per heavy atom. The normalized spacial score (nSPS) is 15.2. The van der Waals surface area contributed by atoms with Crippen molar-refractivity contribution in [3.05, 3.63) is 34.9 Å². The third-order valence-electron chi connectivity index (χ3n) is 4.07. The molecule has 0 radical (unpaired) electrons. The van der Waals surface area contributed by atoms with Gasteiger partial charge in [0.25, 0.3) is 0 Å². The van der Waals surface area contributed by atoms with E-state index in [1.807, 2.05) is 0 Å². The Hall–Kier alpha value is -0.820. The Kier molecular flexibility index (Phi) is 6.26. The molecule has 0 fully saturated rings. The van der Waals surface area contributed by atoms with Gasteiger partial charge in [-0.3, -0.25) is 0 Å². The zero-order chi connectivity index (χ0) is 15.3. The molecule has 0 bridgehead atoms. The van der Waals surface area contributed by atoms with Gasteiger partial charge in [-0.05, 0) is 61.3 Å². The lowest BCUT2D eigenvalue weighted by atomic mass is 9.81. The summed E-state index contributed by atoms with van der Waals surface area (Å²) in [6.45, 7) is 17.1. The molecule has 0 aliphatic rings. The summed E-state index contributed by atoms with van der Waals surface area (Å²) < 4.78 is 0. The van der Waals surface area contributed by atoms with E-state index in [-0.39, 0.29) is 0 Å². The Labute approximate surface area is 126 Å². The standard InChI is InChI=1S/C19H33N/c1-8-20-18(12-14(2)13-19(5,6)7)17-11-9-10-15(3)16(17)4/h9-11,14,18,20H,8,12-13H2,1-7H3. The number of hydrogen-bond acceptors (Lipinski definition) is 1. The van der Waals surface area contributed by atoms with Gasteiger partial charge in [0.2, 0.25) is 0 Å². The monoisotopic (exact) mass is 275 g/mol. The molecule has 0 aliphatic heterocycles. The third kappa shape index (κ3) is 5.28. The van der Waals surface area contributed by atoms with Crippen LogP contribution < -0.4 is 5.32 Å². The van der Waals surface area contributed by atoms with Gasteiger partial charge < -0.3 is 5.32 Å². The molecule has 2 atom stereocenters. The van der Waals surface area contributed by atoms with Gasteiger partial charge in [-0.2, -0.15) is 0 Å². The van der Waals surface area contributed by atoms with Crippen LogP contribution in [-0.4, -0.2) is 6.54 Å². The molecule has 20 heavy (non-hydrogen) atoms. The van der Waals surface area contributed by atoms with Crippen LogP contribution in [0.25, 0.3) is 0 Å². The average Bonchev–Trinajstić information content (AvgIpc) is 2.30. The molecule has 0 amide bonds. The molecule has 1 nitrogen and oxygen atoms in total. The molecule has 1 aromatic rings. The highest BCUT2D eigenvalue weighted by Gasteiger charge is 2.21. The summed E-state index contributed by atoms with van der Waals surface area (Å²) in [4.78, 5) is 0. The zero-order valence-corrected chi connectivity index (χ0v) is 14.5. The summed E-state index contributed by atoms with van der Waals surface area (Å²) in [6, 6.07) is 7.17. The fraction of sp³-hybridized carbons (Fsp3) is 0.684. The first-order valence-corrected chi connectivity index (χ1v) is 8.04. The summed E-state index contributed by atoms with van der Waals surface area (Å²) in [5.41, 5.74) is 4.74. The van der Waals surface area contributed by atoms with Crippen LogP contribution in [0.15, 0.2) is 18.2 Å². The van der Waals surface area contributed by atoms with Crippen molar-refractivity contribution in [1.82, 2.24) is 5.32 Å². The van der Waals surface area contributed by atoms with Crippen molar-refractivity contribution < 1.29 is 0 Å². The Morgan fingerprint density at radius 2 is 1.80 bits per heavy atom. The molecule has 0 aliphatic carbocycles. The minimum absolute atomic E-state index is 0.415. The number of aryl methyl sites for hydroxylation is 1. The van der Waals surface area contributed by atoms with Crippen molar-refractivity contribution in [3.8, 4) is 0 Å². The SMILES string of the molecule is CCNC(CC(C)CC(C)(C)C)c1cccc(C)c1C. The van der Waals surface area contributed by atoms with Crippen LogP contribution in [0.2, 0.25) is 0 Å². The largest absolute Gasteiger partial charge is 0.310 e. The molecule has 1 rings (SSSR count). The second kappa shape index (κ2) is 7.26. The van der Waals surface area contributed by atoms with E-state index in [2.05, 4.69) is 72.0 Å². The van der Waals surface area contributed by atoms with Gasteiger partial charge >= 0.3 is 0 Å². The van der Waals surface area contributed by atoms with Crippen LogP contribution in [0.3, 0.4) is 0 Å². The minimum Gasteiger partial charge on any atom is -0.310 e. The van der Waals surface area contributed by atoms with Crippen LogP contribution >= 0.6 is 0 Å². The number of rotatable bonds is 6. The van der Waals surface area contributed by atoms with E-state index < -0.39 is 0 Å². The lowest BCUT2D eigenvalue weighted by Crippen LogP contribution is -2.25. The van der Waals surface area contributed by atoms with Gasteiger partial charge in [-0.15, -0.1) is 0 Å². The first-order valence-electron chi connectivity index (χ1n) is 8.04. The first-order chi connectivity index (χ1) is 9.24. The maximum Gasteiger partial charge on any atom is 0.0325 e. The van der Waals surface area contributed by atoms with E-state index in [0.717, 1.165) is 12.5 Å². The van der Waals surface area contributed by atoms with Crippen molar-refractivity contribution in [2.24, 2.45) is 11.3 Å². The fourth-order valence-electron chi connectivity index (χ4n) is 3.25. The summed E-state index contributed by atoms with van der Waals surface area (Å²) in [5, 5.41) is 3.68. The Morgan fingerprint density at radius 3 is 2.35 bits per heavy atom. The predicted octanol–water partition coefficient (Wildman–Crippen LogP) is 5.42. The van der Waals surface area contributed by atoms with Gasteiger partial charge in [0.15, 0.2) is 0 Å². The summed E-state index contributed by atoms with van der Waals surface area (Å²) >= 11 is 0. The summed E-state index contributed by atoms with van der Waals surface area (Å²) in [5.74, 6) is 0.735. The summed E-state index contributed by atoms with van der Waals surface area (Å²) in [7, 11) is 0. The quantitative estimate of drug-likeness (QED) is 0.731. The second-order valence-electron chi connectivity index (χ2n) is 7.51. The molecule has 0 heterocycles. The van der Waals surface area contributed by atoms with Crippen molar-refractivity contribution in [3.63, 3.8) is 0 Å². The topological polar surface area (TPSA) is 12.0 Å². The molecule has 0 aromatic heterocycles. The van der Waals surface area contributed by atoms with E-state index >= 15 is 0 Å². The lowest BCUT2D eigenvalue weighted by molar-refractivity contribution is 0.276. The molecular formula is C19H33N. The number of nitrogens with one attached hydrogen (secondary N) is 1. The average molecular weight is 275 g/mol. The summed E-state index contributed by atoms with van der Waals surface area (Å²) in [6.07, 6.45) is 2.50. The smallest absolute Gasteiger partial charge is 0.0325 e. The van der Waals surface area contributed by atoms with E-state index in [1.165, 1.54) is 29.5 Å². The highest BCUT2D eigenvalue weighted by molar-refractivity contribution is 5.35. The van der Waals surface area contributed by atoms with Gasteiger partial charge in [0, 0.05) is 6.04 Å². The van der Waals surface area contributed by atoms with Gasteiger partial charge in [-0.1, -0.05) is 52.8 Å². The number of hydrogen-bond donors (Lipinski definition) is 1. The van der Waals surface area contributed by atoms with Crippen molar-refractivity contribution >= 4 is 0 Å². The highest BCUT2D eigenvalue weighted by atomic mass is 14.9. The highest BCUT2D eigenvalue weighted by Crippen LogP contribution is 2.32. The molecule has 0 saturated carbocycles. The van der Waals surface area contributed by atoms with Crippen LogP contribution in [0.4, 0.5) is 0 Å². The predicted molar refractivity (Wildman–Crippen MR) is 90.2 cm³/mol. The third-order valence-corrected chi connectivity index (χ3v) is 4.07. The number of benzene rings is 1. The van der Waals surface area contributed by atoms with E-state index in [0.29, 0.717) is 11.5 Å². The second-order valence-corrected chi connectivity index (χ2v) is 7.51. The molecule has 1 N–H and O–H groups in total. The van der Waals surface area contributed by atoms with E-state index in [4.69, 9.17) is 0 Å². The molecule has 2 unspecified atom stereocenters. The van der Waals surface area contributed by atoms with Gasteiger partial charge in [0.05, 0.1) is 0 Å². The van der Waals surface area contributed by atoms with Crippen molar-refractivity contribution in [2.75, 3.05) is 6.54 Å². The van der Waals surface area contributed by atoms with Crippen LogP contribution in [-0.2, 0) is 0 Å². The Balaban J connectivity index is 2.86. The zero-order valence-electron chi connectivity index (χ0n) is 14.5.